The van der Waals surface area contributed by atoms with E-state index in [1.807, 2.05) is 98.1 Å². The quantitative estimate of drug-likeness (QED) is 0.170. The second-order valence-corrected chi connectivity index (χ2v) is 10.8. The van der Waals surface area contributed by atoms with Gasteiger partial charge in [-0.05, 0) is 62.0 Å². The fourth-order valence-electron chi connectivity index (χ4n) is 3.44. The molecular formula is C28H24N4OS3. The first-order valence-corrected chi connectivity index (χ1v) is 13.4. The summed E-state index contributed by atoms with van der Waals surface area (Å²) in [5, 5.41) is 21.6. The number of carbonyl (C=O) groups is 1. The summed E-state index contributed by atoms with van der Waals surface area (Å²) in [7, 11) is 0. The number of thiocarbonyl (C=S) groups is 1. The van der Waals surface area contributed by atoms with Crippen molar-refractivity contribution in [2.75, 3.05) is 16.0 Å². The zero-order valence-corrected chi connectivity index (χ0v) is 22.2. The van der Waals surface area contributed by atoms with Crippen LogP contribution in [-0.2, 0) is 4.79 Å². The first-order valence-electron chi connectivity index (χ1n) is 11.2. The molecule has 1 atom stereocenters. The number of nitrogens with zero attached hydrogens (tertiary/aromatic N) is 1. The predicted molar refractivity (Wildman–Crippen MR) is 156 cm³/mol. The highest BCUT2D eigenvalue weighted by atomic mass is 32.2. The number of aryl methyl sites for hydroxylation is 1. The van der Waals surface area contributed by atoms with Crippen LogP contribution in [0.25, 0.3) is 11.1 Å². The SMILES string of the molecule is Cc1ccc(NC(=S)Nc2cccc(SC(C)C(=O)Nc3scc(-c4ccccc4)c3C#N)c2)cc1. The topological polar surface area (TPSA) is 76.9 Å². The highest BCUT2D eigenvalue weighted by Crippen LogP contribution is 2.35. The highest BCUT2D eigenvalue weighted by molar-refractivity contribution is 8.00. The van der Waals surface area contributed by atoms with E-state index in [1.165, 1.54) is 28.7 Å². The number of nitriles is 1. The van der Waals surface area contributed by atoms with Gasteiger partial charge in [-0.15, -0.1) is 23.1 Å². The Balaban J connectivity index is 1.37. The van der Waals surface area contributed by atoms with Crippen molar-refractivity contribution in [3.05, 3.63) is 95.4 Å². The molecule has 0 saturated carbocycles. The van der Waals surface area contributed by atoms with E-state index in [1.54, 1.807) is 0 Å². The number of rotatable bonds is 7. The van der Waals surface area contributed by atoms with E-state index in [4.69, 9.17) is 12.2 Å². The van der Waals surface area contributed by atoms with Crippen LogP contribution < -0.4 is 16.0 Å². The van der Waals surface area contributed by atoms with Gasteiger partial charge in [0, 0.05) is 27.2 Å². The maximum atomic E-state index is 12.9. The number of nitrogens with one attached hydrogen (secondary N) is 3. The molecule has 0 bridgehead atoms. The van der Waals surface area contributed by atoms with Gasteiger partial charge in [0.25, 0.3) is 0 Å². The molecule has 0 fully saturated rings. The Morgan fingerprint density at radius 1 is 0.972 bits per heavy atom. The number of hydrogen-bond acceptors (Lipinski definition) is 5. The molecule has 5 nitrogen and oxygen atoms in total. The van der Waals surface area contributed by atoms with E-state index in [-0.39, 0.29) is 11.2 Å². The largest absolute Gasteiger partial charge is 0.332 e. The third kappa shape index (κ3) is 6.52. The number of amides is 1. The van der Waals surface area contributed by atoms with Crippen LogP contribution in [0.5, 0.6) is 0 Å². The molecule has 180 valence electrons. The van der Waals surface area contributed by atoms with Crippen LogP contribution in [-0.4, -0.2) is 16.3 Å². The fourth-order valence-corrected chi connectivity index (χ4v) is 5.52. The van der Waals surface area contributed by atoms with Crippen LogP contribution in [0.1, 0.15) is 18.1 Å². The van der Waals surface area contributed by atoms with Crippen molar-refractivity contribution < 1.29 is 4.79 Å². The van der Waals surface area contributed by atoms with Gasteiger partial charge in [0.05, 0.1) is 10.8 Å². The average Bonchev–Trinajstić information content (AvgIpc) is 3.28. The predicted octanol–water partition coefficient (Wildman–Crippen LogP) is 7.52. The van der Waals surface area contributed by atoms with Crippen LogP contribution in [0.4, 0.5) is 16.4 Å². The van der Waals surface area contributed by atoms with Crippen molar-refractivity contribution in [2.24, 2.45) is 0 Å². The molecule has 0 radical (unpaired) electrons. The van der Waals surface area contributed by atoms with Gasteiger partial charge in [0.15, 0.2) is 5.11 Å². The molecule has 0 aliphatic heterocycles. The van der Waals surface area contributed by atoms with Gasteiger partial charge in [0.1, 0.15) is 11.1 Å². The maximum Gasteiger partial charge on any atom is 0.238 e. The zero-order chi connectivity index (χ0) is 25.5. The number of anilines is 3. The molecule has 36 heavy (non-hydrogen) atoms. The summed E-state index contributed by atoms with van der Waals surface area (Å²) in [5.74, 6) is -0.159. The average molecular weight is 529 g/mol. The number of thiophene rings is 1. The smallest absolute Gasteiger partial charge is 0.238 e. The number of carbonyl (C=O) groups excluding carboxylic acids is 1. The maximum absolute atomic E-state index is 12.9. The van der Waals surface area contributed by atoms with Crippen LogP contribution in [0, 0.1) is 18.3 Å². The van der Waals surface area contributed by atoms with Crippen molar-refractivity contribution in [1.29, 1.82) is 5.26 Å². The van der Waals surface area contributed by atoms with Crippen LogP contribution in [0.3, 0.4) is 0 Å². The molecule has 0 spiro atoms. The molecule has 0 aliphatic carbocycles. The Labute approximate surface area is 224 Å². The van der Waals surface area contributed by atoms with Gasteiger partial charge >= 0.3 is 0 Å². The van der Waals surface area contributed by atoms with Gasteiger partial charge in [-0.25, -0.2) is 0 Å². The lowest BCUT2D eigenvalue weighted by atomic mass is 10.1. The molecule has 8 heteroatoms. The van der Waals surface area contributed by atoms with Gasteiger partial charge < -0.3 is 16.0 Å². The van der Waals surface area contributed by atoms with Crippen molar-refractivity contribution in [3.8, 4) is 17.2 Å². The second-order valence-electron chi connectivity index (χ2n) is 8.05. The lowest BCUT2D eigenvalue weighted by Gasteiger charge is -2.14. The Morgan fingerprint density at radius 3 is 2.42 bits per heavy atom. The zero-order valence-electron chi connectivity index (χ0n) is 19.7. The van der Waals surface area contributed by atoms with Crippen molar-refractivity contribution in [1.82, 2.24) is 0 Å². The van der Waals surface area contributed by atoms with E-state index in [0.29, 0.717) is 15.7 Å². The molecule has 1 amide bonds. The van der Waals surface area contributed by atoms with E-state index >= 15 is 0 Å². The Bertz CT molecular complexity index is 1410. The van der Waals surface area contributed by atoms with Gasteiger partial charge in [0.2, 0.25) is 5.91 Å². The standard InChI is InChI=1S/C28H24N4OS3/c1-18-11-13-21(14-12-18)30-28(34)31-22-9-6-10-23(15-22)36-19(2)26(33)32-27-24(16-29)25(17-35-27)20-7-4-3-5-8-20/h3-15,17,19H,1-2H3,(H,32,33)(H2,30,31,34). The minimum absolute atomic E-state index is 0.159. The molecule has 1 aromatic heterocycles. The first kappa shape index (κ1) is 25.5. The summed E-state index contributed by atoms with van der Waals surface area (Å²) < 4.78 is 0. The Morgan fingerprint density at radius 2 is 1.69 bits per heavy atom. The second kappa shape index (κ2) is 11.9. The molecule has 0 aliphatic rings. The molecule has 3 N–H and O–H groups in total. The third-order valence-corrected chi connectivity index (χ3v) is 7.50. The van der Waals surface area contributed by atoms with Crippen molar-refractivity contribution >= 4 is 62.7 Å². The lowest BCUT2D eigenvalue weighted by Crippen LogP contribution is -2.22. The minimum atomic E-state index is -0.369. The van der Waals surface area contributed by atoms with E-state index in [9.17, 15) is 10.1 Å². The third-order valence-electron chi connectivity index (χ3n) is 5.31. The molecule has 4 rings (SSSR count). The Kier molecular flexibility index (Phi) is 8.39. The number of thioether (sulfide) groups is 1. The monoisotopic (exact) mass is 528 g/mol. The molecule has 0 saturated heterocycles. The van der Waals surface area contributed by atoms with Crippen molar-refractivity contribution in [3.63, 3.8) is 0 Å². The van der Waals surface area contributed by atoms with E-state index < -0.39 is 0 Å². The number of hydrogen-bond donors (Lipinski definition) is 3. The van der Waals surface area contributed by atoms with Gasteiger partial charge in [-0.1, -0.05) is 54.1 Å². The summed E-state index contributed by atoms with van der Waals surface area (Å²) in [5.41, 5.74) is 5.18. The van der Waals surface area contributed by atoms with Gasteiger partial charge in [-0.3, -0.25) is 4.79 Å². The van der Waals surface area contributed by atoms with Crippen LogP contribution in [0.15, 0.2) is 89.1 Å². The Hall–Kier alpha value is -3.64. The van der Waals surface area contributed by atoms with Crippen molar-refractivity contribution in [2.45, 2.75) is 24.0 Å². The van der Waals surface area contributed by atoms with E-state index in [0.717, 1.165) is 27.4 Å². The summed E-state index contributed by atoms with van der Waals surface area (Å²) in [6, 6.07) is 27.7. The molecular weight excluding hydrogens is 505 g/mol. The summed E-state index contributed by atoms with van der Waals surface area (Å²) in [6.07, 6.45) is 0. The summed E-state index contributed by atoms with van der Waals surface area (Å²) >= 11 is 8.24. The molecule has 1 unspecified atom stereocenters. The summed E-state index contributed by atoms with van der Waals surface area (Å²) in [4.78, 5) is 13.9. The highest BCUT2D eigenvalue weighted by Gasteiger charge is 2.19. The lowest BCUT2D eigenvalue weighted by molar-refractivity contribution is -0.115. The minimum Gasteiger partial charge on any atom is -0.332 e. The summed E-state index contributed by atoms with van der Waals surface area (Å²) in [6.45, 7) is 3.89. The molecule has 4 aromatic rings. The fraction of sp³-hybridized carbons (Fsp3) is 0.107. The molecule has 1 heterocycles. The van der Waals surface area contributed by atoms with Crippen LogP contribution >= 0.6 is 35.3 Å². The molecule has 3 aromatic carbocycles. The van der Waals surface area contributed by atoms with Gasteiger partial charge in [-0.2, -0.15) is 5.26 Å². The normalized spacial score (nSPS) is 11.2. The van der Waals surface area contributed by atoms with E-state index in [2.05, 4.69) is 22.0 Å². The first-order chi connectivity index (χ1) is 17.4. The number of benzene rings is 3. The van der Waals surface area contributed by atoms with Crippen LogP contribution in [0.2, 0.25) is 0 Å².